The van der Waals surface area contributed by atoms with Gasteiger partial charge in [-0.15, -0.1) is 0 Å². The van der Waals surface area contributed by atoms with Gasteiger partial charge in [0, 0.05) is 55.5 Å². The number of carbonyl (C=O) groups excluding carboxylic acids is 1. The van der Waals surface area contributed by atoms with Gasteiger partial charge in [-0.1, -0.05) is 17.3 Å². The minimum absolute atomic E-state index is 0.174. The van der Waals surface area contributed by atoms with E-state index in [1.54, 1.807) is 6.92 Å². The van der Waals surface area contributed by atoms with Gasteiger partial charge in [0.05, 0.1) is 11.7 Å². The van der Waals surface area contributed by atoms with E-state index in [9.17, 15) is 4.79 Å². The summed E-state index contributed by atoms with van der Waals surface area (Å²) in [7, 11) is 0. The van der Waals surface area contributed by atoms with Crippen LogP contribution in [0.2, 0.25) is 0 Å². The minimum atomic E-state index is 0.174. The van der Waals surface area contributed by atoms with Crippen molar-refractivity contribution in [3.8, 4) is 11.4 Å². The molecule has 8 nitrogen and oxygen atoms in total. The summed E-state index contributed by atoms with van der Waals surface area (Å²) in [6.07, 6.45) is 3.97. The molecule has 1 amide bonds. The molecule has 2 saturated heterocycles. The first-order chi connectivity index (χ1) is 13.9. The molecule has 0 aliphatic carbocycles. The second-order valence-corrected chi connectivity index (χ2v) is 8.72. The molecule has 0 N–H and O–H groups in total. The third-order valence-corrected chi connectivity index (χ3v) is 6.35. The zero-order chi connectivity index (χ0) is 20.2. The molecule has 4 heterocycles. The number of piperidine rings is 1. The number of rotatable bonds is 3. The maximum absolute atomic E-state index is 11.5. The van der Waals surface area contributed by atoms with E-state index in [0.717, 1.165) is 55.5 Å². The van der Waals surface area contributed by atoms with Gasteiger partial charge in [-0.25, -0.2) is 0 Å². The highest BCUT2D eigenvalue weighted by Crippen LogP contribution is 2.42. The zero-order valence-electron chi connectivity index (χ0n) is 17.1. The van der Waals surface area contributed by atoms with E-state index in [0.29, 0.717) is 11.8 Å². The third kappa shape index (κ3) is 3.07. The number of hydrogen-bond donors (Lipinski definition) is 0. The molecular weight excluding hydrogens is 368 g/mol. The summed E-state index contributed by atoms with van der Waals surface area (Å²) in [4.78, 5) is 20.3. The van der Waals surface area contributed by atoms with E-state index in [2.05, 4.69) is 40.1 Å². The largest absolute Gasteiger partial charge is 0.343 e. The standard InChI is InChI=1S/C21H26N6O2/c1-14(2)27-18-10-16(4-5-17(18)11-22-27)19-23-20(29-24-19)26-12-21(13-26)6-8-25(9-7-21)15(3)28/h4-5,10-11,14H,6-9,12-13H2,1-3H3. The Morgan fingerprint density at radius 3 is 2.66 bits per heavy atom. The van der Waals surface area contributed by atoms with Crippen molar-refractivity contribution in [3.05, 3.63) is 24.4 Å². The Balaban J connectivity index is 1.30. The molecule has 2 aliphatic heterocycles. The Labute approximate surface area is 169 Å². The molecule has 29 heavy (non-hydrogen) atoms. The van der Waals surface area contributed by atoms with E-state index in [1.165, 1.54) is 0 Å². The van der Waals surface area contributed by atoms with Crippen LogP contribution in [0, 0.1) is 5.41 Å². The number of anilines is 1. The number of hydrogen-bond acceptors (Lipinski definition) is 6. The van der Waals surface area contributed by atoms with Gasteiger partial charge in [0.1, 0.15) is 0 Å². The lowest BCUT2D eigenvalue weighted by atomic mass is 9.72. The van der Waals surface area contributed by atoms with Crippen LogP contribution in [0.5, 0.6) is 0 Å². The maximum Gasteiger partial charge on any atom is 0.324 e. The summed E-state index contributed by atoms with van der Waals surface area (Å²) in [5, 5.41) is 9.79. The highest BCUT2D eigenvalue weighted by molar-refractivity contribution is 5.83. The normalized spacial score (nSPS) is 18.6. The Bertz CT molecular complexity index is 1050. The first kappa shape index (κ1) is 18.1. The Hall–Kier alpha value is -2.90. The predicted octanol–water partition coefficient (Wildman–Crippen LogP) is 3.12. The fourth-order valence-electron chi connectivity index (χ4n) is 4.56. The number of aromatic nitrogens is 4. The summed E-state index contributed by atoms with van der Waals surface area (Å²) in [5.74, 6) is 0.777. The molecule has 2 fully saturated rings. The number of nitrogens with zero attached hydrogens (tertiary/aromatic N) is 6. The van der Waals surface area contributed by atoms with Crippen LogP contribution < -0.4 is 4.90 Å². The topological polar surface area (TPSA) is 80.3 Å². The number of likely N-dealkylation sites (tertiary alicyclic amines) is 1. The van der Waals surface area contributed by atoms with Crippen molar-refractivity contribution in [2.75, 3.05) is 31.1 Å². The van der Waals surface area contributed by atoms with Crippen molar-refractivity contribution in [1.29, 1.82) is 0 Å². The van der Waals surface area contributed by atoms with E-state index in [4.69, 9.17) is 4.52 Å². The van der Waals surface area contributed by atoms with Gasteiger partial charge in [0.15, 0.2) is 0 Å². The first-order valence-electron chi connectivity index (χ1n) is 10.3. The summed E-state index contributed by atoms with van der Waals surface area (Å²) in [6.45, 7) is 9.41. The summed E-state index contributed by atoms with van der Waals surface area (Å²) < 4.78 is 7.57. The minimum Gasteiger partial charge on any atom is -0.343 e. The Morgan fingerprint density at radius 2 is 1.97 bits per heavy atom. The van der Waals surface area contributed by atoms with E-state index >= 15 is 0 Å². The Morgan fingerprint density at radius 1 is 1.21 bits per heavy atom. The number of fused-ring (bicyclic) bond motifs is 1. The SMILES string of the molecule is CC(=O)N1CCC2(CC1)CN(c1nc(-c3ccc4cnn(C(C)C)c4c3)no1)C2. The molecule has 0 atom stereocenters. The molecule has 2 aromatic heterocycles. The second kappa shape index (κ2) is 6.57. The average molecular weight is 394 g/mol. The smallest absolute Gasteiger partial charge is 0.324 e. The van der Waals surface area contributed by atoms with Gasteiger partial charge < -0.3 is 14.3 Å². The number of carbonyl (C=O) groups is 1. The van der Waals surface area contributed by atoms with Gasteiger partial charge in [-0.3, -0.25) is 9.48 Å². The number of amides is 1. The molecule has 1 spiro atoms. The van der Waals surface area contributed by atoms with Crippen LogP contribution in [0.4, 0.5) is 6.01 Å². The highest BCUT2D eigenvalue weighted by Gasteiger charge is 2.46. The van der Waals surface area contributed by atoms with Crippen LogP contribution in [0.3, 0.4) is 0 Å². The summed E-state index contributed by atoms with van der Waals surface area (Å²) in [6, 6.07) is 7.01. The maximum atomic E-state index is 11.5. The van der Waals surface area contributed by atoms with Gasteiger partial charge >= 0.3 is 6.01 Å². The molecule has 0 saturated carbocycles. The van der Waals surface area contributed by atoms with Gasteiger partial charge in [-0.2, -0.15) is 10.1 Å². The summed E-state index contributed by atoms with van der Waals surface area (Å²) >= 11 is 0. The van der Waals surface area contributed by atoms with Crippen LogP contribution in [0.15, 0.2) is 28.9 Å². The second-order valence-electron chi connectivity index (χ2n) is 8.72. The van der Waals surface area contributed by atoms with Crippen LogP contribution in [0.1, 0.15) is 39.7 Å². The first-order valence-corrected chi connectivity index (χ1v) is 10.3. The Kier molecular flexibility index (Phi) is 4.11. The van der Waals surface area contributed by atoms with Crippen molar-refractivity contribution in [3.63, 3.8) is 0 Å². The number of benzene rings is 1. The predicted molar refractivity (Wildman–Crippen MR) is 110 cm³/mol. The van der Waals surface area contributed by atoms with Crippen LogP contribution >= 0.6 is 0 Å². The molecule has 0 bridgehead atoms. The van der Waals surface area contributed by atoms with Crippen LogP contribution in [-0.2, 0) is 4.79 Å². The van der Waals surface area contributed by atoms with E-state index in [1.807, 2.05) is 27.9 Å². The van der Waals surface area contributed by atoms with Crippen molar-refractivity contribution >= 4 is 22.8 Å². The molecule has 8 heteroatoms. The molecule has 3 aromatic rings. The van der Waals surface area contributed by atoms with Gasteiger partial charge in [0.25, 0.3) is 0 Å². The molecule has 0 radical (unpaired) electrons. The molecular formula is C21H26N6O2. The fraction of sp³-hybridized carbons (Fsp3) is 0.524. The molecule has 1 aromatic carbocycles. The lowest BCUT2D eigenvalue weighted by Gasteiger charge is -2.53. The van der Waals surface area contributed by atoms with Crippen molar-refractivity contribution in [2.24, 2.45) is 5.41 Å². The van der Waals surface area contributed by atoms with Gasteiger partial charge in [0.2, 0.25) is 11.7 Å². The highest BCUT2D eigenvalue weighted by atomic mass is 16.5. The molecule has 0 unspecified atom stereocenters. The van der Waals surface area contributed by atoms with Crippen molar-refractivity contribution in [2.45, 2.75) is 39.7 Å². The monoisotopic (exact) mass is 394 g/mol. The zero-order valence-corrected chi connectivity index (χ0v) is 17.1. The summed E-state index contributed by atoms with van der Waals surface area (Å²) in [5.41, 5.74) is 2.28. The van der Waals surface area contributed by atoms with Crippen molar-refractivity contribution in [1.82, 2.24) is 24.8 Å². The lowest BCUT2D eigenvalue weighted by Crippen LogP contribution is -2.61. The van der Waals surface area contributed by atoms with Gasteiger partial charge in [-0.05, 0) is 32.8 Å². The molecule has 152 valence electrons. The lowest BCUT2D eigenvalue weighted by molar-refractivity contribution is -0.131. The fourth-order valence-corrected chi connectivity index (χ4v) is 4.56. The van der Waals surface area contributed by atoms with Crippen LogP contribution in [0.25, 0.3) is 22.3 Å². The molecule has 5 rings (SSSR count). The average Bonchev–Trinajstić information content (AvgIpc) is 3.32. The third-order valence-electron chi connectivity index (χ3n) is 6.35. The quantitative estimate of drug-likeness (QED) is 0.679. The molecule has 2 aliphatic rings. The van der Waals surface area contributed by atoms with E-state index in [-0.39, 0.29) is 17.4 Å². The van der Waals surface area contributed by atoms with E-state index < -0.39 is 0 Å². The van der Waals surface area contributed by atoms with Crippen molar-refractivity contribution < 1.29 is 9.32 Å². The van der Waals surface area contributed by atoms with Crippen LogP contribution in [-0.4, -0.2) is 56.9 Å².